The summed E-state index contributed by atoms with van der Waals surface area (Å²) < 4.78 is 7.21. The highest BCUT2D eigenvalue weighted by molar-refractivity contribution is 5.76. The van der Waals surface area contributed by atoms with Crippen LogP contribution in [0.1, 0.15) is 11.1 Å². The molecule has 0 radical (unpaired) electrons. The number of nitrogens with one attached hydrogen (secondary N) is 1. The molecule has 0 spiro atoms. The van der Waals surface area contributed by atoms with Crippen molar-refractivity contribution >= 4 is 5.91 Å². The quantitative estimate of drug-likeness (QED) is 0.558. The third-order valence-corrected chi connectivity index (χ3v) is 4.43. The van der Waals surface area contributed by atoms with Crippen molar-refractivity contribution in [2.45, 2.75) is 20.0 Å². The number of carbonyl (C=O) groups excluding carboxylic acids is 1. The number of rotatable bonds is 6. The number of aryl methyl sites for hydroxylation is 1. The molecule has 28 heavy (non-hydrogen) atoms. The lowest BCUT2D eigenvalue weighted by Gasteiger charge is -2.08. The molecule has 0 atom stereocenters. The van der Waals surface area contributed by atoms with Crippen molar-refractivity contribution in [2.75, 3.05) is 0 Å². The first-order chi connectivity index (χ1) is 13.7. The van der Waals surface area contributed by atoms with E-state index in [9.17, 15) is 4.79 Å². The van der Waals surface area contributed by atoms with Gasteiger partial charge < -0.3 is 14.4 Å². The largest absolute Gasteiger partial charge is 0.350 e. The van der Waals surface area contributed by atoms with Gasteiger partial charge in [0.25, 0.3) is 5.89 Å². The van der Waals surface area contributed by atoms with Crippen LogP contribution in [0.3, 0.4) is 0 Å². The number of carbonyl (C=O) groups is 1. The summed E-state index contributed by atoms with van der Waals surface area (Å²) in [7, 11) is 0. The van der Waals surface area contributed by atoms with Crippen molar-refractivity contribution in [3.05, 3.63) is 84.1 Å². The molecule has 0 bridgehead atoms. The van der Waals surface area contributed by atoms with E-state index >= 15 is 0 Å². The Kier molecular flexibility index (Phi) is 5.01. The Morgan fingerprint density at radius 3 is 2.61 bits per heavy atom. The average Bonchev–Trinajstić information content (AvgIpc) is 3.37. The molecular formula is C22H20N4O2. The summed E-state index contributed by atoms with van der Waals surface area (Å²) in [5, 5.41) is 6.99. The normalized spacial score (nSPS) is 10.8. The highest BCUT2D eigenvalue weighted by atomic mass is 16.5. The molecule has 2 aromatic carbocycles. The molecule has 2 aromatic heterocycles. The molecule has 1 amide bonds. The van der Waals surface area contributed by atoms with Gasteiger partial charge in [0, 0.05) is 18.3 Å². The van der Waals surface area contributed by atoms with Crippen LogP contribution in [0.25, 0.3) is 23.0 Å². The summed E-state index contributed by atoms with van der Waals surface area (Å²) in [5.41, 5.74) is 3.85. The molecule has 0 unspecified atom stereocenters. The van der Waals surface area contributed by atoms with Gasteiger partial charge in [-0.05, 0) is 24.6 Å². The minimum absolute atomic E-state index is 0.0826. The van der Waals surface area contributed by atoms with Crippen molar-refractivity contribution in [3.63, 3.8) is 0 Å². The van der Waals surface area contributed by atoms with Crippen LogP contribution in [-0.4, -0.2) is 20.6 Å². The van der Waals surface area contributed by atoms with Crippen LogP contribution in [0.15, 0.2) is 77.4 Å². The van der Waals surface area contributed by atoms with Gasteiger partial charge >= 0.3 is 0 Å². The summed E-state index contributed by atoms with van der Waals surface area (Å²) >= 11 is 0. The molecule has 140 valence electrons. The average molecular weight is 372 g/mol. The smallest absolute Gasteiger partial charge is 0.274 e. The molecule has 0 saturated carbocycles. The first-order valence-electron chi connectivity index (χ1n) is 9.06. The Morgan fingerprint density at radius 1 is 1.04 bits per heavy atom. The highest BCUT2D eigenvalue weighted by Gasteiger charge is 2.15. The van der Waals surface area contributed by atoms with E-state index in [2.05, 4.69) is 15.5 Å². The summed E-state index contributed by atoms with van der Waals surface area (Å²) in [6.07, 6.45) is 1.83. The highest BCUT2D eigenvalue weighted by Crippen LogP contribution is 2.22. The molecular weight excluding hydrogens is 352 g/mol. The first-order valence-corrected chi connectivity index (χ1v) is 9.06. The molecule has 0 fully saturated rings. The molecule has 0 aliphatic carbocycles. The number of nitrogens with zero attached hydrogens (tertiary/aromatic N) is 3. The maximum Gasteiger partial charge on any atom is 0.274 e. The van der Waals surface area contributed by atoms with Crippen molar-refractivity contribution in [2.24, 2.45) is 0 Å². The van der Waals surface area contributed by atoms with Gasteiger partial charge in [-0.25, -0.2) is 0 Å². The van der Waals surface area contributed by atoms with E-state index in [1.54, 1.807) is 4.57 Å². The summed E-state index contributed by atoms with van der Waals surface area (Å²) in [6, 6.07) is 21.4. The van der Waals surface area contributed by atoms with Crippen LogP contribution < -0.4 is 5.32 Å². The minimum Gasteiger partial charge on any atom is -0.350 e. The maximum atomic E-state index is 12.4. The minimum atomic E-state index is -0.0826. The second-order valence-corrected chi connectivity index (χ2v) is 6.57. The van der Waals surface area contributed by atoms with Gasteiger partial charge in [0.2, 0.25) is 11.7 Å². The number of hydrogen-bond donors (Lipinski definition) is 1. The van der Waals surface area contributed by atoms with E-state index in [1.807, 2.05) is 79.9 Å². The second kappa shape index (κ2) is 7.92. The van der Waals surface area contributed by atoms with Crippen LogP contribution >= 0.6 is 0 Å². The van der Waals surface area contributed by atoms with Crippen LogP contribution in [0, 0.1) is 6.92 Å². The zero-order chi connectivity index (χ0) is 19.3. The lowest BCUT2D eigenvalue weighted by atomic mass is 10.1. The van der Waals surface area contributed by atoms with Crippen molar-refractivity contribution in [1.29, 1.82) is 0 Å². The topological polar surface area (TPSA) is 73.0 Å². The Labute approximate surface area is 162 Å². The SMILES string of the molecule is Cc1ccc(CNC(=O)Cn2cccc2-c2nc(-c3ccccc3)no2)cc1. The predicted octanol–water partition coefficient (Wildman–Crippen LogP) is 3.83. The fourth-order valence-electron chi connectivity index (χ4n) is 2.90. The third-order valence-electron chi connectivity index (χ3n) is 4.43. The zero-order valence-corrected chi connectivity index (χ0v) is 15.5. The Hall–Kier alpha value is -3.67. The summed E-state index contributed by atoms with van der Waals surface area (Å²) in [6.45, 7) is 2.71. The van der Waals surface area contributed by atoms with Crippen molar-refractivity contribution < 1.29 is 9.32 Å². The zero-order valence-electron chi connectivity index (χ0n) is 15.5. The lowest BCUT2D eigenvalue weighted by Crippen LogP contribution is -2.27. The molecule has 0 aliphatic heterocycles. The molecule has 4 rings (SSSR count). The Bertz CT molecular complexity index is 1070. The summed E-state index contributed by atoms with van der Waals surface area (Å²) in [4.78, 5) is 16.8. The van der Waals surface area contributed by atoms with Gasteiger partial charge in [-0.2, -0.15) is 4.98 Å². The van der Waals surface area contributed by atoms with E-state index in [4.69, 9.17) is 4.52 Å². The van der Waals surface area contributed by atoms with E-state index < -0.39 is 0 Å². The predicted molar refractivity (Wildman–Crippen MR) is 106 cm³/mol. The fraction of sp³-hybridized carbons (Fsp3) is 0.136. The van der Waals surface area contributed by atoms with Gasteiger partial charge in [-0.3, -0.25) is 4.79 Å². The molecule has 1 N–H and O–H groups in total. The molecule has 6 nitrogen and oxygen atoms in total. The molecule has 4 aromatic rings. The van der Waals surface area contributed by atoms with Crippen molar-refractivity contribution in [3.8, 4) is 23.0 Å². The second-order valence-electron chi connectivity index (χ2n) is 6.57. The van der Waals surface area contributed by atoms with Crippen LogP contribution in [0.2, 0.25) is 0 Å². The number of amides is 1. The van der Waals surface area contributed by atoms with Gasteiger partial charge in [-0.1, -0.05) is 65.3 Å². The Morgan fingerprint density at radius 2 is 1.82 bits per heavy atom. The molecule has 6 heteroatoms. The van der Waals surface area contributed by atoms with E-state index in [0.29, 0.717) is 24.0 Å². The van der Waals surface area contributed by atoms with Crippen LogP contribution in [0.4, 0.5) is 0 Å². The number of benzene rings is 2. The van der Waals surface area contributed by atoms with Gasteiger partial charge in [0.1, 0.15) is 12.2 Å². The maximum absolute atomic E-state index is 12.4. The number of hydrogen-bond acceptors (Lipinski definition) is 4. The van der Waals surface area contributed by atoms with Crippen LogP contribution in [-0.2, 0) is 17.9 Å². The summed E-state index contributed by atoms with van der Waals surface area (Å²) in [5.74, 6) is 0.822. The lowest BCUT2D eigenvalue weighted by molar-refractivity contribution is -0.121. The Balaban J connectivity index is 1.43. The molecule has 0 saturated heterocycles. The standard InChI is InChI=1S/C22H20N4O2/c1-16-9-11-17(12-10-16)14-23-20(27)15-26-13-5-8-19(26)22-24-21(25-28-22)18-6-3-2-4-7-18/h2-13H,14-15H2,1H3,(H,23,27). The van der Waals surface area contributed by atoms with Gasteiger partial charge in [0.15, 0.2) is 0 Å². The fourth-order valence-corrected chi connectivity index (χ4v) is 2.90. The van der Waals surface area contributed by atoms with Crippen LogP contribution in [0.5, 0.6) is 0 Å². The van der Waals surface area contributed by atoms with Gasteiger partial charge in [-0.15, -0.1) is 0 Å². The van der Waals surface area contributed by atoms with E-state index in [1.165, 1.54) is 5.56 Å². The third kappa shape index (κ3) is 4.01. The van der Waals surface area contributed by atoms with Gasteiger partial charge in [0.05, 0.1) is 0 Å². The number of aromatic nitrogens is 3. The van der Waals surface area contributed by atoms with E-state index in [0.717, 1.165) is 11.1 Å². The molecule has 0 aliphatic rings. The molecule has 2 heterocycles. The first kappa shape index (κ1) is 17.7. The van der Waals surface area contributed by atoms with E-state index in [-0.39, 0.29) is 12.5 Å². The van der Waals surface area contributed by atoms with Crippen molar-refractivity contribution in [1.82, 2.24) is 20.0 Å². The monoisotopic (exact) mass is 372 g/mol.